The lowest BCUT2D eigenvalue weighted by Gasteiger charge is -2.33. The van der Waals surface area contributed by atoms with E-state index >= 15 is 0 Å². The molecule has 8 nitrogen and oxygen atoms in total. The zero-order valence-electron chi connectivity index (χ0n) is 18.1. The molecule has 2 unspecified atom stereocenters. The number of hydrogen-bond donors (Lipinski definition) is 1. The van der Waals surface area contributed by atoms with Gasteiger partial charge in [0.1, 0.15) is 17.8 Å². The van der Waals surface area contributed by atoms with Gasteiger partial charge in [-0.2, -0.15) is 0 Å². The van der Waals surface area contributed by atoms with E-state index < -0.39 is 32.7 Å². The van der Waals surface area contributed by atoms with Crippen molar-refractivity contribution in [3.05, 3.63) is 70.1 Å². The van der Waals surface area contributed by atoms with E-state index in [9.17, 15) is 22.8 Å². The van der Waals surface area contributed by atoms with E-state index in [1.54, 1.807) is 12.1 Å². The number of primary sulfonamides is 1. The Morgan fingerprint density at radius 3 is 2.64 bits per heavy atom. The van der Waals surface area contributed by atoms with Gasteiger partial charge in [0.05, 0.1) is 5.25 Å². The summed E-state index contributed by atoms with van der Waals surface area (Å²) in [4.78, 5) is 38.7. The van der Waals surface area contributed by atoms with E-state index in [2.05, 4.69) is 0 Å². The lowest BCUT2D eigenvalue weighted by molar-refractivity contribution is -0.135. The van der Waals surface area contributed by atoms with Crippen molar-refractivity contribution in [1.82, 2.24) is 4.90 Å². The van der Waals surface area contributed by atoms with Gasteiger partial charge in [-0.05, 0) is 42.5 Å². The summed E-state index contributed by atoms with van der Waals surface area (Å²) < 4.78 is 28.9. The van der Waals surface area contributed by atoms with Crippen molar-refractivity contribution in [2.45, 2.75) is 30.9 Å². The van der Waals surface area contributed by atoms with Crippen molar-refractivity contribution < 1.29 is 22.4 Å². The van der Waals surface area contributed by atoms with Gasteiger partial charge in [-0.25, -0.2) is 18.4 Å². The van der Waals surface area contributed by atoms with Gasteiger partial charge >= 0.3 is 5.63 Å². The Labute approximate surface area is 191 Å². The quantitative estimate of drug-likeness (QED) is 0.348. The number of carbonyl (C=O) groups excluding carboxylic acids is 2. The molecule has 2 N–H and O–H groups in total. The van der Waals surface area contributed by atoms with Crippen LogP contribution in [-0.2, 0) is 19.6 Å². The van der Waals surface area contributed by atoms with Gasteiger partial charge < -0.3 is 14.1 Å². The normalized spacial score (nSPS) is 17.6. The van der Waals surface area contributed by atoms with Crippen LogP contribution in [0.5, 0.6) is 0 Å². The van der Waals surface area contributed by atoms with Gasteiger partial charge in [0.15, 0.2) is 0 Å². The van der Waals surface area contributed by atoms with Gasteiger partial charge in [-0.15, -0.1) is 0 Å². The van der Waals surface area contributed by atoms with E-state index in [4.69, 9.17) is 9.56 Å². The van der Waals surface area contributed by atoms with E-state index in [1.165, 1.54) is 17.0 Å². The smallest absolute Gasteiger partial charge is 0.336 e. The van der Waals surface area contributed by atoms with Crippen LogP contribution < -0.4 is 10.8 Å². The number of nitrogens with zero attached hydrogens (tertiary/aromatic N) is 1. The number of aldehydes is 1. The van der Waals surface area contributed by atoms with Crippen molar-refractivity contribution in [3.63, 3.8) is 0 Å². The van der Waals surface area contributed by atoms with E-state index in [1.807, 2.05) is 31.2 Å². The summed E-state index contributed by atoms with van der Waals surface area (Å²) in [6.07, 6.45) is 1.37. The molecule has 3 aromatic rings. The van der Waals surface area contributed by atoms with Gasteiger partial charge in [0.25, 0.3) is 0 Å². The summed E-state index contributed by atoms with van der Waals surface area (Å²) in [5.41, 5.74) is 2.66. The maximum atomic E-state index is 13.1. The highest BCUT2D eigenvalue weighted by atomic mass is 32.2. The maximum Gasteiger partial charge on any atom is 0.336 e. The third kappa shape index (κ3) is 4.60. The number of nitrogens with two attached hydrogens (primary N) is 1. The molecule has 0 aliphatic carbocycles. The predicted molar refractivity (Wildman–Crippen MR) is 124 cm³/mol. The van der Waals surface area contributed by atoms with Crippen LogP contribution in [0.1, 0.15) is 29.9 Å². The molecule has 33 heavy (non-hydrogen) atoms. The van der Waals surface area contributed by atoms with Crippen molar-refractivity contribution in [2.75, 3.05) is 13.1 Å². The topological polar surface area (TPSA) is 128 Å². The van der Waals surface area contributed by atoms with Crippen molar-refractivity contribution in [1.29, 1.82) is 0 Å². The second-order valence-electron chi connectivity index (χ2n) is 8.30. The summed E-state index contributed by atoms with van der Waals surface area (Å²) >= 11 is 0. The molecule has 172 valence electrons. The minimum absolute atomic E-state index is 0.0535. The van der Waals surface area contributed by atoms with Crippen molar-refractivity contribution in [2.24, 2.45) is 5.14 Å². The first-order chi connectivity index (χ1) is 15.7. The second kappa shape index (κ2) is 8.92. The Bertz CT molecular complexity index is 1400. The molecule has 0 spiro atoms. The van der Waals surface area contributed by atoms with Crippen LogP contribution >= 0.6 is 0 Å². The summed E-state index contributed by atoms with van der Waals surface area (Å²) in [5, 5.41) is 5.09. The van der Waals surface area contributed by atoms with E-state index in [-0.39, 0.29) is 12.1 Å². The van der Waals surface area contributed by atoms with Crippen LogP contribution in [0, 0.1) is 6.92 Å². The molecule has 0 bridgehead atoms. The Balaban J connectivity index is 1.72. The molecule has 1 aliphatic rings. The molecule has 2 aromatic carbocycles. The molecular weight excluding hydrogens is 444 g/mol. The molecule has 9 heteroatoms. The van der Waals surface area contributed by atoms with Crippen LogP contribution in [0.25, 0.3) is 22.1 Å². The average Bonchev–Trinajstić information content (AvgIpc) is 2.78. The first-order valence-electron chi connectivity index (χ1n) is 10.6. The zero-order valence-corrected chi connectivity index (χ0v) is 18.9. The number of likely N-dealkylation sites (tertiary alicyclic amines) is 1. The van der Waals surface area contributed by atoms with Crippen LogP contribution in [0.2, 0.25) is 0 Å². The number of rotatable bonds is 5. The molecular formula is C24H24N2O6S. The monoisotopic (exact) mass is 468 g/mol. The largest absolute Gasteiger partial charge is 0.423 e. The number of carbonyl (C=O) groups is 2. The summed E-state index contributed by atoms with van der Waals surface area (Å²) in [6.45, 7) is 2.23. The fourth-order valence-corrected chi connectivity index (χ4v) is 5.24. The first-order valence-corrected chi connectivity index (χ1v) is 12.2. The average molecular weight is 469 g/mol. The standard InChI is InChI=1S/C24H24N2O6S/c1-15-5-2-3-7-18(15)20-12-23(28)32-22-11-16(8-9-19(20)22)21(14-27)24(29)26-10-4-6-17(13-26)33(25,30)31/h2-3,5,7-9,11-12,14,17,21H,4,6,10,13H2,1H3,(H2,25,30,31). The van der Waals surface area contributed by atoms with Crippen molar-refractivity contribution >= 4 is 33.2 Å². The number of benzene rings is 2. The Morgan fingerprint density at radius 2 is 1.94 bits per heavy atom. The lowest BCUT2D eigenvalue weighted by Crippen LogP contribution is -2.48. The van der Waals surface area contributed by atoms with Crippen LogP contribution in [0.3, 0.4) is 0 Å². The van der Waals surface area contributed by atoms with Crippen LogP contribution in [0.4, 0.5) is 0 Å². The number of aryl methyl sites for hydroxylation is 1. The minimum Gasteiger partial charge on any atom is -0.423 e. The van der Waals surface area contributed by atoms with Gasteiger partial charge in [0, 0.05) is 30.1 Å². The molecule has 1 aliphatic heterocycles. The maximum absolute atomic E-state index is 13.1. The minimum atomic E-state index is -3.79. The second-order valence-corrected chi connectivity index (χ2v) is 10.1. The predicted octanol–water partition coefficient (Wildman–Crippen LogP) is 2.33. The van der Waals surface area contributed by atoms with E-state index in [0.717, 1.165) is 11.1 Å². The third-order valence-electron chi connectivity index (χ3n) is 6.12. The van der Waals surface area contributed by atoms with Gasteiger partial charge in [0.2, 0.25) is 15.9 Å². The molecule has 1 saturated heterocycles. The van der Waals surface area contributed by atoms with Crippen LogP contribution in [0.15, 0.2) is 57.7 Å². The third-order valence-corrected chi connectivity index (χ3v) is 7.43. The highest BCUT2D eigenvalue weighted by Gasteiger charge is 2.34. The molecule has 1 fully saturated rings. The molecule has 4 rings (SSSR count). The van der Waals surface area contributed by atoms with Crippen LogP contribution in [-0.4, -0.2) is 43.9 Å². The number of piperidine rings is 1. The Kier molecular flexibility index (Phi) is 6.18. The fourth-order valence-electron chi connectivity index (χ4n) is 4.35. The molecule has 2 heterocycles. The molecule has 0 radical (unpaired) electrons. The molecule has 0 saturated carbocycles. The molecule has 2 atom stereocenters. The van der Waals surface area contributed by atoms with Crippen molar-refractivity contribution in [3.8, 4) is 11.1 Å². The summed E-state index contributed by atoms with van der Waals surface area (Å²) in [5.74, 6) is -1.66. The molecule has 1 amide bonds. The lowest BCUT2D eigenvalue weighted by atomic mass is 9.93. The van der Waals surface area contributed by atoms with E-state index in [0.29, 0.717) is 42.2 Å². The highest BCUT2D eigenvalue weighted by Crippen LogP contribution is 2.32. The zero-order chi connectivity index (χ0) is 23.8. The fraction of sp³-hybridized carbons (Fsp3) is 0.292. The highest BCUT2D eigenvalue weighted by molar-refractivity contribution is 7.89. The summed E-state index contributed by atoms with van der Waals surface area (Å²) in [6, 6.07) is 14.0. The summed E-state index contributed by atoms with van der Waals surface area (Å²) in [7, 11) is -3.79. The first kappa shape index (κ1) is 22.9. The number of amides is 1. The number of fused-ring (bicyclic) bond motifs is 1. The SMILES string of the molecule is Cc1ccccc1-c1cc(=O)oc2cc(C(C=O)C(=O)N3CCCC(S(N)(=O)=O)C3)ccc12. The number of hydrogen-bond acceptors (Lipinski definition) is 6. The van der Waals surface area contributed by atoms with Gasteiger partial charge in [-0.1, -0.05) is 36.4 Å². The molecule has 1 aromatic heterocycles. The van der Waals surface area contributed by atoms with Gasteiger partial charge in [-0.3, -0.25) is 4.79 Å². The Hall–Kier alpha value is -3.30. The Morgan fingerprint density at radius 1 is 1.18 bits per heavy atom. The number of sulfonamides is 1.